The van der Waals surface area contributed by atoms with Gasteiger partial charge in [0.05, 0.1) is 0 Å². The number of nitrogens with one attached hydrogen (secondary N) is 1. The van der Waals surface area contributed by atoms with Crippen LogP contribution in [0.2, 0.25) is 0 Å². The van der Waals surface area contributed by atoms with Crippen molar-refractivity contribution in [2.45, 2.75) is 32.6 Å². The van der Waals surface area contributed by atoms with Gasteiger partial charge < -0.3 is 10.6 Å². The highest BCUT2D eigenvalue weighted by Gasteiger charge is 2.23. The molecule has 2 heterocycles. The van der Waals surface area contributed by atoms with E-state index in [-0.39, 0.29) is 5.91 Å². The zero-order valence-electron chi connectivity index (χ0n) is 10.3. The summed E-state index contributed by atoms with van der Waals surface area (Å²) in [6.07, 6.45) is 4.74. The molecule has 94 valence electrons. The molecule has 0 bridgehead atoms. The minimum absolute atomic E-state index is 0.0177. The topological polar surface area (TPSA) is 75.0 Å². The van der Waals surface area contributed by atoms with Crippen LogP contribution in [0.4, 0.5) is 5.82 Å². The van der Waals surface area contributed by atoms with Crippen molar-refractivity contribution in [3.05, 3.63) is 11.8 Å². The minimum Gasteiger partial charge on any atom is -0.382 e. The third-order valence-corrected chi connectivity index (χ3v) is 3.43. The quantitative estimate of drug-likeness (QED) is 0.837. The van der Waals surface area contributed by atoms with Gasteiger partial charge in [-0.05, 0) is 18.8 Å². The number of piperidine rings is 1. The molecule has 3 N–H and O–H groups in total. The number of anilines is 1. The number of aromatic nitrogens is 2. The lowest BCUT2D eigenvalue weighted by Gasteiger charge is -2.31. The molecule has 1 aromatic rings. The van der Waals surface area contributed by atoms with Crippen molar-refractivity contribution in [3.63, 3.8) is 0 Å². The number of aromatic amines is 1. The van der Waals surface area contributed by atoms with Crippen LogP contribution in [-0.2, 0) is 0 Å². The summed E-state index contributed by atoms with van der Waals surface area (Å²) in [6.45, 7) is 3.91. The number of hydrogen-bond donors (Lipinski definition) is 2. The Kier molecular flexibility index (Phi) is 3.66. The van der Waals surface area contributed by atoms with Gasteiger partial charge in [0.25, 0.3) is 5.91 Å². The number of amides is 1. The van der Waals surface area contributed by atoms with Crippen LogP contribution in [-0.4, -0.2) is 34.1 Å². The van der Waals surface area contributed by atoms with Crippen LogP contribution in [0.3, 0.4) is 0 Å². The second-order valence-electron chi connectivity index (χ2n) is 4.73. The second-order valence-corrected chi connectivity index (χ2v) is 4.73. The zero-order valence-corrected chi connectivity index (χ0v) is 10.3. The van der Waals surface area contributed by atoms with Gasteiger partial charge in [0.1, 0.15) is 11.5 Å². The summed E-state index contributed by atoms with van der Waals surface area (Å²) in [7, 11) is 0. The Morgan fingerprint density at radius 1 is 1.59 bits per heavy atom. The Morgan fingerprint density at radius 3 is 2.82 bits per heavy atom. The van der Waals surface area contributed by atoms with Crippen LogP contribution in [0.1, 0.15) is 43.1 Å². The van der Waals surface area contributed by atoms with Crippen LogP contribution in [0.5, 0.6) is 0 Å². The molecule has 1 aliphatic heterocycles. The average molecular weight is 236 g/mol. The number of H-pyrrole nitrogens is 1. The van der Waals surface area contributed by atoms with E-state index in [4.69, 9.17) is 5.73 Å². The lowest BCUT2D eigenvalue weighted by Crippen LogP contribution is -2.38. The number of rotatable bonds is 3. The van der Waals surface area contributed by atoms with E-state index >= 15 is 0 Å². The SMILES string of the molecule is CCCC1CCN(C(=O)c2cc(N)n[nH]2)CC1. The van der Waals surface area contributed by atoms with E-state index in [0.717, 1.165) is 31.8 Å². The molecule has 0 unspecified atom stereocenters. The molecular weight excluding hydrogens is 216 g/mol. The van der Waals surface area contributed by atoms with Crippen LogP contribution in [0.25, 0.3) is 0 Å². The number of carbonyl (C=O) groups excluding carboxylic acids is 1. The summed E-state index contributed by atoms with van der Waals surface area (Å²) in [6, 6.07) is 1.60. The largest absolute Gasteiger partial charge is 0.382 e. The van der Waals surface area contributed by atoms with Crippen molar-refractivity contribution in [1.82, 2.24) is 15.1 Å². The fraction of sp³-hybridized carbons (Fsp3) is 0.667. The zero-order chi connectivity index (χ0) is 12.3. The summed E-state index contributed by atoms with van der Waals surface area (Å²) in [5.41, 5.74) is 5.99. The molecule has 0 aliphatic carbocycles. The number of nitrogens with two attached hydrogens (primary N) is 1. The maximum absolute atomic E-state index is 12.1. The van der Waals surface area contributed by atoms with E-state index in [1.54, 1.807) is 6.07 Å². The molecule has 2 rings (SSSR count). The van der Waals surface area contributed by atoms with E-state index in [0.29, 0.717) is 11.5 Å². The number of likely N-dealkylation sites (tertiary alicyclic amines) is 1. The molecule has 1 saturated heterocycles. The first-order valence-corrected chi connectivity index (χ1v) is 6.31. The lowest BCUT2D eigenvalue weighted by atomic mass is 9.92. The number of hydrogen-bond acceptors (Lipinski definition) is 3. The van der Waals surface area contributed by atoms with E-state index < -0.39 is 0 Å². The van der Waals surface area contributed by atoms with Gasteiger partial charge >= 0.3 is 0 Å². The third-order valence-electron chi connectivity index (χ3n) is 3.43. The molecule has 5 heteroatoms. The summed E-state index contributed by atoms with van der Waals surface area (Å²) < 4.78 is 0. The summed E-state index contributed by atoms with van der Waals surface area (Å²) in [5.74, 6) is 1.18. The molecule has 1 aromatic heterocycles. The Morgan fingerprint density at radius 2 is 2.29 bits per heavy atom. The van der Waals surface area contributed by atoms with Gasteiger partial charge in [-0.25, -0.2) is 0 Å². The highest BCUT2D eigenvalue weighted by molar-refractivity contribution is 5.93. The Labute approximate surface area is 101 Å². The van der Waals surface area contributed by atoms with Crippen molar-refractivity contribution in [1.29, 1.82) is 0 Å². The maximum Gasteiger partial charge on any atom is 0.271 e. The molecule has 1 fully saturated rings. The van der Waals surface area contributed by atoms with Gasteiger partial charge in [0.15, 0.2) is 0 Å². The monoisotopic (exact) mass is 236 g/mol. The van der Waals surface area contributed by atoms with Crippen molar-refractivity contribution in [2.24, 2.45) is 5.92 Å². The molecule has 0 saturated carbocycles. The normalized spacial score (nSPS) is 17.4. The summed E-state index contributed by atoms with van der Waals surface area (Å²) >= 11 is 0. The van der Waals surface area contributed by atoms with Crippen molar-refractivity contribution < 1.29 is 4.79 Å². The third kappa shape index (κ3) is 2.78. The summed E-state index contributed by atoms with van der Waals surface area (Å²) in [5, 5.41) is 6.45. The number of nitrogen functional groups attached to an aromatic ring is 1. The first kappa shape index (κ1) is 12.0. The summed E-state index contributed by atoms with van der Waals surface area (Å²) in [4.78, 5) is 14.0. The van der Waals surface area contributed by atoms with Crippen molar-refractivity contribution >= 4 is 11.7 Å². The Balaban J connectivity index is 1.90. The molecule has 0 atom stereocenters. The van der Waals surface area contributed by atoms with Crippen LogP contribution < -0.4 is 5.73 Å². The van der Waals surface area contributed by atoms with E-state index in [1.807, 2.05) is 4.90 Å². The van der Waals surface area contributed by atoms with Gasteiger partial charge in [0.2, 0.25) is 0 Å². The van der Waals surface area contributed by atoms with E-state index in [9.17, 15) is 4.79 Å². The average Bonchev–Trinajstić information content (AvgIpc) is 2.76. The van der Waals surface area contributed by atoms with Crippen LogP contribution >= 0.6 is 0 Å². The first-order chi connectivity index (χ1) is 8.20. The highest BCUT2D eigenvalue weighted by atomic mass is 16.2. The molecule has 5 nitrogen and oxygen atoms in total. The predicted molar refractivity (Wildman–Crippen MR) is 66.5 cm³/mol. The van der Waals surface area contributed by atoms with Gasteiger partial charge in [-0.15, -0.1) is 0 Å². The molecule has 0 aromatic carbocycles. The standard InChI is InChI=1S/C12H20N4O/c1-2-3-9-4-6-16(7-5-9)12(17)10-8-11(13)15-14-10/h8-9H,2-7H2,1H3,(H3,13,14,15). The second kappa shape index (κ2) is 5.21. The van der Waals surface area contributed by atoms with Crippen LogP contribution in [0, 0.1) is 5.92 Å². The minimum atomic E-state index is 0.0177. The van der Waals surface area contributed by atoms with Crippen LogP contribution in [0.15, 0.2) is 6.07 Å². The fourth-order valence-electron chi connectivity index (χ4n) is 2.45. The molecule has 17 heavy (non-hydrogen) atoms. The lowest BCUT2D eigenvalue weighted by molar-refractivity contribution is 0.0680. The molecular formula is C12H20N4O. The van der Waals surface area contributed by atoms with Gasteiger partial charge in [-0.1, -0.05) is 19.8 Å². The first-order valence-electron chi connectivity index (χ1n) is 6.31. The van der Waals surface area contributed by atoms with Crippen molar-refractivity contribution in [2.75, 3.05) is 18.8 Å². The molecule has 0 spiro atoms. The number of carbonyl (C=O) groups is 1. The Bertz CT molecular complexity index is 380. The van der Waals surface area contributed by atoms with Gasteiger partial charge in [0, 0.05) is 19.2 Å². The van der Waals surface area contributed by atoms with Gasteiger partial charge in [-0.3, -0.25) is 9.89 Å². The number of nitrogens with zero attached hydrogens (tertiary/aromatic N) is 2. The smallest absolute Gasteiger partial charge is 0.271 e. The van der Waals surface area contributed by atoms with Gasteiger partial charge in [-0.2, -0.15) is 5.10 Å². The maximum atomic E-state index is 12.1. The van der Waals surface area contributed by atoms with E-state index in [1.165, 1.54) is 12.8 Å². The molecule has 0 radical (unpaired) electrons. The predicted octanol–water partition coefficient (Wildman–Crippen LogP) is 1.64. The van der Waals surface area contributed by atoms with Crippen molar-refractivity contribution in [3.8, 4) is 0 Å². The fourth-order valence-corrected chi connectivity index (χ4v) is 2.45. The Hall–Kier alpha value is -1.52. The highest BCUT2D eigenvalue weighted by Crippen LogP contribution is 2.22. The molecule has 1 amide bonds. The van der Waals surface area contributed by atoms with E-state index in [2.05, 4.69) is 17.1 Å². The molecule has 1 aliphatic rings.